The Kier molecular flexibility index (Phi) is 3.96. The zero-order chi connectivity index (χ0) is 10.8. The van der Waals surface area contributed by atoms with Gasteiger partial charge in [-0.2, -0.15) is 0 Å². The molecule has 2 heteroatoms. The van der Waals surface area contributed by atoms with Crippen LogP contribution < -0.4 is 5.73 Å². The lowest BCUT2D eigenvalue weighted by Gasteiger charge is -2.32. The minimum Gasteiger partial charge on any atom is -0.329 e. The molecule has 1 rings (SSSR count). The van der Waals surface area contributed by atoms with Gasteiger partial charge < -0.3 is 5.73 Å². The van der Waals surface area contributed by atoms with Crippen LogP contribution in [0.4, 0.5) is 0 Å². The lowest BCUT2D eigenvalue weighted by molar-refractivity contribution is 0.179. The predicted molar refractivity (Wildman–Crippen MR) is 62.3 cm³/mol. The molecule has 2 unspecified atom stereocenters. The van der Waals surface area contributed by atoms with Gasteiger partial charge in [0.1, 0.15) is 0 Å². The highest BCUT2D eigenvalue weighted by Crippen LogP contribution is 2.26. The van der Waals surface area contributed by atoms with Crippen LogP contribution in [0.3, 0.4) is 0 Å². The van der Waals surface area contributed by atoms with E-state index in [0.717, 1.165) is 12.5 Å². The average Bonchev–Trinajstić information content (AvgIpc) is 2.46. The lowest BCUT2D eigenvalue weighted by atomic mass is 9.87. The number of nitrogens with two attached hydrogens (primary N) is 1. The van der Waals surface area contributed by atoms with Crippen LogP contribution in [0, 0.1) is 11.3 Å². The van der Waals surface area contributed by atoms with E-state index >= 15 is 0 Å². The summed E-state index contributed by atoms with van der Waals surface area (Å²) in [5, 5.41) is 0. The van der Waals surface area contributed by atoms with E-state index in [-0.39, 0.29) is 0 Å². The summed E-state index contributed by atoms with van der Waals surface area (Å²) in [7, 11) is 0. The topological polar surface area (TPSA) is 29.3 Å². The van der Waals surface area contributed by atoms with Crippen molar-refractivity contribution < 1.29 is 0 Å². The van der Waals surface area contributed by atoms with Crippen molar-refractivity contribution in [2.24, 2.45) is 17.1 Å². The van der Waals surface area contributed by atoms with Crippen molar-refractivity contribution in [1.29, 1.82) is 0 Å². The Bertz CT molecular complexity index is 172. The molecule has 0 aliphatic carbocycles. The maximum Gasteiger partial charge on any atom is 0.0223 e. The quantitative estimate of drug-likeness (QED) is 0.752. The van der Waals surface area contributed by atoms with Crippen molar-refractivity contribution in [1.82, 2.24) is 4.90 Å². The van der Waals surface area contributed by atoms with E-state index in [1.807, 2.05) is 0 Å². The van der Waals surface area contributed by atoms with E-state index in [1.54, 1.807) is 0 Å². The molecule has 14 heavy (non-hydrogen) atoms. The summed E-state index contributed by atoms with van der Waals surface area (Å²) in [5.41, 5.74) is 6.26. The van der Waals surface area contributed by atoms with Gasteiger partial charge >= 0.3 is 0 Å². The molecule has 84 valence electrons. The second-order valence-electron chi connectivity index (χ2n) is 6.04. The van der Waals surface area contributed by atoms with Gasteiger partial charge in [-0.15, -0.1) is 0 Å². The summed E-state index contributed by atoms with van der Waals surface area (Å²) in [6.07, 6.45) is 2.57. The second-order valence-corrected chi connectivity index (χ2v) is 6.04. The van der Waals surface area contributed by atoms with Gasteiger partial charge in [0.15, 0.2) is 0 Å². The molecule has 0 aromatic heterocycles. The highest BCUT2D eigenvalue weighted by atomic mass is 15.2. The van der Waals surface area contributed by atoms with Crippen molar-refractivity contribution >= 4 is 0 Å². The molecule has 0 aromatic rings. The summed E-state index contributed by atoms with van der Waals surface area (Å²) in [6.45, 7) is 12.5. The molecule has 0 bridgehead atoms. The molecular formula is C12H26N2. The summed E-state index contributed by atoms with van der Waals surface area (Å²) in [4.78, 5) is 2.58. The first-order chi connectivity index (χ1) is 6.42. The minimum atomic E-state index is 0.399. The third-order valence-corrected chi connectivity index (χ3v) is 3.09. The van der Waals surface area contributed by atoms with E-state index in [4.69, 9.17) is 5.73 Å². The van der Waals surface area contributed by atoms with Gasteiger partial charge in [-0.25, -0.2) is 0 Å². The molecule has 2 nitrogen and oxygen atoms in total. The summed E-state index contributed by atoms with van der Waals surface area (Å²) >= 11 is 0. The van der Waals surface area contributed by atoms with Crippen molar-refractivity contribution in [3.63, 3.8) is 0 Å². The van der Waals surface area contributed by atoms with Crippen LogP contribution in [0.1, 0.15) is 40.5 Å². The normalized spacial score (nSPS) is 26.8. The zero-order valence-corrected chi connectivity index (χ0v) is 10.2. The molecule has 1 aliphatic rings. The Hall–Kier alpha value is -0.0800. The first kappa shape index (κ1) is 12.0. The van der Waals surface area contributed by atoms with E-state index in [9.17, 15) is 0 Å². The molecule has 2 atom stereocenters. The molecule has 1 aliphatic heterocycles. The van der Waals surface area contributed by atoms with Crippen LogP contribution in [-0.2, 0) is 0 Å². The van der Waals surface area contributed by atoms with Gasteiger partial charge in [-0.1, -0.05) is 27.7 Å². The smallest absolute Gasteiger partial charge is 0.0223 e. The Labute approximate surface area is 88.8 Å². The molecule has 1 fully saturated rings. The fourth-order valence-electron chi connectivity index (χ4n) is 2.37. The van der Waals surface area contributed by atoms with E-state index < -0.39 is 0 Å². The van der Waals surface area contributed by atoms with Gasteiger partial charge in [0.2, 0.25) is 0 Å². The standard InChI is InChI=1S/C12H26N2/c1-10-5-6-14(9-10)11(8-13)7-12(2,3)4/h10-11H,5-9,13H2,1-4H3. The maximum atomic E-state index is 5.86. The van der Waals surface area contributed by atoms with Gasteiger partial charge in [0.05, 0.1) is 0 Å². The molecule has 2 N–H and O–H groups in total. The van der Waals surface area contributed by atoms with Crippen LogP contribution in [0.15, 0.2) is 0 Å². The molecule has 1 heterocycles. The lowest BCUT2D eigenvalue weighted by Crippen LogP contribution is -2.41. The van der Waals surface area contributed by atoms with Crippen molar-refractivity contribution in [3.05, 3.63) is 0 Å². The Balaban J connectivity index is 2.46. The summed E-state index contributed by atoms with van der Waals surface area (Å²) < 4.78 is 0. The van der Waals surface area contributed by atoms with Crippen LogP contribution in [0.25, 0.3) is 0 Å². The number of hydrogen-bond acceptors (Lipinski definition) is 2. The van der Waals surface area contributed by atoms with Gasteiger partial charge in [0, 0.05) is 19.1 Å². The van der Waals surface area contributed by atoms with Gasteiger partial charge in [0.25, 0.3) is 0 Å². The summed E-state index contributed by atoms with van der Waals surface area (Å²) in [5.74, 6) is 0.865. The number of nitrogens with zero attached hydrogens (tertiary/aromatic N) is 1. The average molecular weight is 198 g/mol. The molecule has 1 saturated heterocycles. The molecule has 0 spiro atoms. The van der Waals surface area contributed by atoms with E-state index in [2.05, 4.69) is 32.6 Å². The van der Waals surface area contributed by atoms with Crippen molar-refractivity contribution in [2.75, 3.05) is 19.6 Å². The van der Waals surface area contributed by atoms with Crippen molar-refractivity contribution in [3.8, 4) is 0 Å². The predicted octanol–water partition coefficient (Wildman–Crippen LogP) is 2.09. The Morgan fingerprint density at radius 2 is 2.07 bits per heavy atom. The highest BCUT2D eigenvalue weighted by molar-refractivity contribution is 4.83. The second kappa shape index (κ2) is 4.63. The van der Waals surface area contributed by atoms with Crippen molar-refractivity contribution in [2.45, 2.75) is 46.6 Å². The minimum absolute atomic E-state index is 0.399. The monoisotopic (exact) mass is 198 g/mol. The molecule has 0 amide bonds. The van der Waals surface area contributed by atoms with Crippen LogP contribution in [0.5, 0.6) is 0 Å². The Morgan fingerprint density at radius 3 is 2.43 bits per heavy atom. The molecular weight excluding hydrogens is 172 g/mol. The summed E-state index contributed by atoms with van der Waals surface area (Å²) in [6, 6.07) is 0.597. The van der Waals surface area contributed by atoms with Crippen LogP contribution in [-0.4, -0.2) is 30.6 Å². The fraction of sp³-hybridized carbons (Fsp3) is 1.00. The zero-order valence-electron chi connectivity index (χ0n) is 10.2. The maximum absolute atomic E-state index is 5.86. The fourth-order valence-corrected chi connectivity index (χ4v) is 2.37. The number of likely N-dealkylation sites (tertiary alicyclic amines) is 1. The van der Waals surface area contributed by atoms with Crippen LogP contribution in [0.2, 0.25) is 0 Å². The SMILES string of the molecule is CC1CCN(C(CN)CC(C)(C)C)C1. The first-order valence-electron chi connectivity index (χ1n) is 5.86. The third-order valence-electron chi connectivity index (χ3n) is 3.09. The van der Waals surface area contributed by atoms with E-state index in [1.165, 1.54) is 25.9 Å². The third kappa shape index (κ3) is 3.58. The Morgan fingerprint density at radius 1 is 1.43 bits per heavy atom. The van der Waals surface area contributed by atoms with Crippen LogP contribution >= 0.6 is 0 Å². The first-order valence-corrected chi connectivity index (χ1v) is 5.86. The highest BCUT2D eigenvalue weighted by Gasteiger charge is 2.27. The number of rotatable bonds is 3. The molecule has 0 radical (unpaired) electrons. The number of hydrogen-bond donors (Lipinski definition) is 1. The van der Waals surface area contributed by atoms with Gasteiger partial charge in [-0.05, 0) is 30.7 Å². The molecule has 0 saturated carbocycles. The van der Waals surface area contributed by atoms with Gasteiger partial charge in [-0.3, -0.25) is 4.90 Å². The molecule has 0 aromatic carbocycles. The largest absolute Gasteiger partial charge is 0.329 e. The van der Waals surface area contributed by atoms with E-state index in [0.29, 0.717) is 11.5 Å².